The van der Waals surface area contributed by atoms with Crippen LogP contribution in [-0.4, -0.2) is 14.2 Å². The van der Waals surface area contributed by atoms with E-state index in [-0.39, 0.29) is 0 Å². The molecule has 0 saturated heterocycles. The minimum absolute atomic E-state index is 0.837. The van der Waals surface area contributed by atoms with E-state index in [2.05, 4.69) is 134 Å². The molecule has 0 radical (unpaired) electrons. The average Bonchev–Trinajstić information content (AvgIpc) is 3.02. The molecule has 0 N–H and O–H groups in total. The van der Waals surface area contributed by atoms with Gasteiger partial charge in [0.1, 0.15) is 11.5 Å². The van der Waals surface area contributed by atoms with Gasteiger partial charge in [-0.3, -0.25) is 0 Å². The molecule has 0 amide bonds. The standard InChI is InChI=1S/C38H35NO2/c1-28-8-18-33(19-9-28)39(34-20-10-29(2)11-21-34)35-22-12-30(13-23-35)6-5-7-38(31-14-24-36(40-3)25-15-31)32-16-26-37(41-4)27-17-32/h5-27H,1-4H3. The van der Waals surface area contributed by atoms with Crippen molar-refractivity contribution in [3.8, 4) is 11.5 Å². The van der Waals surface area contributed by atoms with E-state index in [0.29, 0.717) is 0 Å². The van der Waals surface area contributed by atoms with Crippen LogP contribution in [0.2, 0.25) is 0 Å². The Morgan fingerprint density at radius 2 is 0.902 bits per heavy atom. The molecule has 0 unspecified atom stereocenters. The van der Waals surface area contributed by atoms with Crippen LogP contribution in [0.3, 0.4) is 0 Å². The molecule has 0 aromatic heterocycles. The van der Waals surface area contributed by atoms with Gasteiger partial charge in [0.05, 0.1) is 14.2 Å². The molecule has 5 aromatic rings. The largest absolute Gasteiger partial charge is 0.497 e. The van der Waals surface area contributed by atoms with Gasteiger partial charge >= 0.3 is 0 Å². The van der Waals surface area contributed by atoms with Crippen LogP contribution in [0.15, 0.2) is 133 Å². The lowest BCUT2D eigenvalue weighted by atomic mass is 9.97. The zero-order valence-corrected chi connectivity index (χ0v) is 24.0. The van der Waals surface area contributed by atoms with Gasteiger partial charge in [-0.05, 0) is 96.8 Å². The lowest BCUT2D eigenvalue weighted by Crippen LogP contribution is -2.09. The third-order valence-electron chi connectivity index (χ3n) is 7.09. The zero-order valence-electron chi connectivity index (χ0n) is 24.0. The maximum atomic E-state index is 5.36. The van der Waals surface area contributed by atoms with Gasteiger partial charge in [-0.2, -0.15) is 0 Å². The van der Waals surface area contributed by atoms with Crippen LogP contribution in [-0.2, 0) is 0 Å². The minimum atomic E-state index is 0.837. The summed E-state index contributed by atoms with van der Waals surface area (Å²) < 4.78 is 10.7. The fourth-order valence-electron chi connectivity index (χ4n) is 4.73. The average molecular weight is 538 g/mol. The predicted molar refractivity (Wildman–Crippen MR) is 173 cm³/mol. The first kappa shape index (κ1) is 27.5. The number of anilines is 3. The Hall–Kier alpha value is -5.02. The Bertz CT molecular complexity index is 1520. The Labute approximate surface area is 243 Å². The molecule has 41 heavy (non-hydrogen) atoms. The molecular formula is C38H35NO2. The summed E-state index contributed by atoms with van der Waals surface area (Å²) in [6.07, 6.45) is 6.40. The molecule has 0 aliphatic rings. The van der Waals surface area contributed by atoms with E-state index in [1.54, 1.807) is 14.2 Å². The summed E-state index contributed by atoms with van der Waals surface area (Å²) in [7, 11) is 3.37. The van der Waals surface area contributed by atoms with Crippen molar-refractivity contribution in [1.82, 2.24) is 0 Å². The van der Waals surface area contributed by atoms with E-state index in [0.717, 1.165) is 50.8 Å². The van der Waals surface area contributed by atoms with E-state index >= 15 is 0 Å². The van der Waals surface area contributed by atoms with E-state index in [9.17, 15) is 0 Å². The highest BCUT2D eigenvalue weighted by Crippen LogP contribution is 2.35. The number of rotatable bonds is 9. The second-order valence-electron chi connectivity index (χ2n) is 9.99. The van der Waals surface area contributed by atoms with Gasteiger partial charge < -0.3 is 14.4 Å². The lowest BCUT2D eigenvalue weighted by molar-refractivity contribution is 0.414. The van der Waals surface area contributed by atoms with Crippen molar-refractivity contribution in [3.63, 3.8) is 0 Å². The summed E-state index contributed by atoms with van der Waals surface area (Å²) in [6, 6.07) is 42.3. The molecule has 0 aliphatic carbocycles. The number of aryl methyl sites for hydroxylation is 2. The molecule has 0 bridgehead atoms. The van der Waals surface area contributed by atoms with Crippen LogP contribution in [0.1, 0.15) is 27.8 Å². The summed E-state index contributed by atoms with van der Waals surface area (Å²) in [5, 5.41) is 0. The van der Waals surface area contributed by atoms with Crippen molar-refractivity contribution in [2.75, 3.05) is 19.1 Å². The van der Waals surface area contributed by atoms with E-state index in [1.165, 1.54) is 11.1 Å². The fraction of sp³-hybridized carbons (Fsp3) is 0.105. The number of benzene rings is 5. The van der Waals surface area contributed by atoms with E-state index in [4.69, 9.17) is 9.47 Å². The molecular weight excluding hydrogens is 502 g/mol. The van der Waals surface area contributed by atoms with Crippen molar-refractivity contribution in [2.45, 2.75) is 13.8 Å². The Balaban J connectivity index is 1.44. The summed E-state index contributed by atoms with van der Waals surface area (Å²) >= 11 is 0. The summed E-state index contributed by atoms with van der Waals surface area (Å²) in [5.74, 6) is 1.67. The number of allylic oxidation sites excluding steroid dienone is 2. The van der Waals surface area contributed by atoms with Crippen molar-refractivity contribution < 1.29 is 9.47 Å². The molecule has 3 nitrogen and oxygen atoms in total. The van der Waals surface area contributed by atoms with Crippen LogP contribution in [0, 0.1) is 13.8 Å². The van der Waals surface area contributed by atoms with Gasteiger partial charge in [0.2, 0.25) is 0 Å². The van der Waals surface area contributed by atoms with E-state index < -0.39 is 0 Å². The first-order valence-corrected chi connectivity index (χ1v) is 13.7. The van der Waals surface area contributed by atoms with Crippen LogP contribution in [0.25, 0.3) is 11.6 Å². The molecule has 5 aromatic carbocycles. The first-order chi connectivity index (χ1) is 20.0. The highest BCUT2D eigenvalue weighted by molar-refractivity contribution is 5.82. The second kappa shape index (κ2) is 12.9. The van der Waals surface area contributed by atoms with Gasteiger partial charge in [0.25, 0.3) is 0 Å². The molecule has 204 valence electrons. The quantitative estimate of drug-likeness (QED) is 0.175. The maximum absolute atomic E-state index is 5.36. The Kier molecular flexibility index (Phi) is 8.66. The zero-order chi connectivity index (χ0) is 28.6. The first-order valence-electron chi connectivity index (χ1n) is 13.7. The van der Waals surface area contributed by atoms with Gasteiger partial charge in [-0.15, -0.1) is 0 Å². The molecule has 0 atom stereocenters. The van der Waals surface area contributed by atoms with Gasteiger partial charge in [-0.25, -0.2) is 0 Å². The number of hydrogen-bond acceptors (Lipinski definition) is 3. The van der Waals surface area contributed by atoms with E-state index in [1.807, 2.05) is 24.3 Å². The van der Waals surface area contributed by atoms with Crippen LogP contribution in [0.4, 0.5) is 17.1 Å². The second-order valence-corrected chi connectivity index (χ2v) is 9.99. The topological polar surface area (TPSA) is 21.7 Å². The summed E-state index contributed by atoms with van der Waals surface area (Å²) in [5.41, 5.74) is 10.3. The summed E-state index contributed by atoms with van der Waals surface area (Å²) in [6.45, 7) is 4.23. The Morgan fingerprint density at radius 3 is 1.29 bits per heavy atom. The highest BCUT2D eigenvalue weighted by Gasteiger charge is 2.12. The number of nitrogens with zero attached hydrogens (tertiary/aromatic N) is 1. The number of methoxy groups -OCH3 is 2. The molecule has 5 rings (SSSR count). The third-order valence-corrected chi connectivity index (χ3v) is 7.09. The molecule has 0 fully saturated rings. The van der Waals surface area contributed by atoms with Crippen molar-refractivity contribution >= 4 is 28.7 Å². The molecule has 3 heteroatoms. The maximum Gasteiger partial charge on any atom is 0.118 e. The van der Waals surface area contributed by atoms with Gasteiger partial charge in [0, 0.05) is 17.1 Å². The smallest absolute Gasteiger partial charge is 0.118 e. The third kappa shape index (κ3) is 6.77. The van der Waals surface area contributed by atoms with Crippen LogP contribution < -0.4 is 14.4 Å². The molecule has 0 heterocycles. The van der Waals surface area contributed by atoms with Crippen molar-refractivity contribution in [3.05, 3.63) is 161 Å². The van der Waals surface area contributed by atoms with Crippen LogP contribution in [0.5, 0.6) is 11.5 Å². The van der Waals surface area contributed by atoms with Crippen molar-refractivity contribution in [1.29, 1.82) is 0 Å². The predicted octanol–water partition coefficient (Wildman–Crippen LogP) is 9.94. The lowest BCUT2D eigenvalue weighted by Gasteiger charge is -2.25. The van der Waals surface area contributed by atoms with Gasteiger partial charge in [0.15, 0.2) is 0 Å². The molecule has 0 saturated carbocycles. The normalized spacial score (nSPS) is 10.8. The summed E-state index contributed by atoms with van der Waals surface area (Å²) in [4.78, 5) is 2.29. The number of hydrogen-bond donors (Lipinski definition) is 0. The Morgan fingerprint density at radius 1 is 0.512 bits per heavy atom. The molecule has 0 aliphatic heterocycles. The number of ether oxygens (including phenoxy) is 2. The van der Waals surface area contributed by atoms with Crippen molar-refractivity contribution in [2.24, 2.45) is 0 Å². The molecule has 0 spiro atoms. The van der Waals surface area contributed by atoms with Gasteiger partial charge in [-0.1, -0.05) is 90.0 Å². The fourth-order valence-corrected chi connectivity index (χ4v) is 4.73. The highest BCUT2D eigenvalue weighted by atomic mass is 16.5. The monoisotopic (exact) mass is 537 g/mol. The van der Waals surface area contributed by atoms with Crippen LogP contribution >= 0.6 is 0 Å². The minimum Gasteiger partial charge on any atom is -0.497 e. The SMILES string of the molecule is COc1ccc(C(=CC=Cc2ccc(N(c3ccc(C)cc3)c3ccc(C)cc3)cc2)c2ccc(OC)cc2)cc1.